The second kappa shape index (κ2) is 8.89. The van der Waals surface area contributed by atoms with Crippen LogP contribution in [-0.4, -0.2) is 42.1 Å². The zero-order valence-electron chi connectivity index (χ0n) is 10.9. The lowest BCUT2D eigenvalue weighted by atomic mass is 10.1. The molecule has 0 aliphatic heterocycles. The van der Waals surface area contributed by atoms with E-state index >= 15 is 0 Å². The summed E-state index contributed by atoms with van der Waals surface area (Å²) in [5.74, 6) is 0.781. The van der Waals surface area contributed by atoms with E-state index in [1.165, 1.54) is 0 Å². The molecule has 112 valence electrons. The Morgan fingerprint density at radius 2 is 1.65 bits per heavy atom. The first-order valence-corrected chi connectivity index (χ1v) is 7.13. The average molecular weight is 322 g/mol. The van der Waals surface area contributed by atoms with Gasteiger partial charge in [-0.3, -0.25) is 4.79 Å². The summed E-state index contributed by atoms with van der Waals surface area (Å²) in [5.41, 5.74) is 6.24. The number of hydrogen-bond acceptors (Lipinski definition) is 4. The van der Waals surface area contributed by atoms with Crippen molar-refractivity contribution in [3.63, 3.8) is 0 Å². The largest absolute Gasteiger partial charge is 0.492 e. The fourth-order valence-electron chi connectivity index (χ4n) is 1.57. The Labute approximate surface area is 127 Å². The molecule has 7 heteroatoms. The smallest absolute Gasteiger partial charge is 0.320 e. The van der Waals surface area contributed by atoms with E-state index in [9.17, 15) is 4.79 Å². The number of ether oxygens (including phenoxy) is 2. The van der Waals surface area contributed by atoms with Crippen LogP contribution in [0.25, 0.3) is 0 Å². The highest BCUT2D eigenvalue weighted by atomic mass is 35.5. The minimum Gasteiger partial charge on any atom is -0.492 e. The predicted molar refractivity (Wildman–Crippen MR) is 78.2 cm³/mol. The van der Waals surface area contributed by atoms with Gasteiger partial charge in [-0.25, -0.2) is 0 Å². The lowest BCUT2D eigenvalue weighted by Gasteiger charge is -2.12. The minimum atomic E-state index is -1.06. The van der Waals surface area contributed by atoms with Crippen molar-refractivity contribution in [1.82, 2.24) is 0 Å². The number of alkyl halides is 2. The number of carboxylic acid groups (broad SMARTS) is 1. The van der Waals surface area contributed by atoms with Crippen LogP contribution in [0.2, 0.25) is 0 Å². The molecule has 0 aliphatic rings. The first kappa shape index (κ1) is 16.9. The summed E-state index contributed by atoms with van der Waals surface area (Å²) in [6.45, 7) is 0.704. The predicted octanol–water partition coefficient (Wildman–Crippen LogP) is 1.88. The normalized spacial score (nSPS) is 11.9. The van der Waals surface area contributed by atoms with Crippen LogP contribution in [-0.2, 0) is 11.2 Å². The van der Waals surface area contributed by atoms with Crippen LogP contribution in [0.5, 0.6) is 11.5 Å². The van der Waals surface area contributed by atoms with Gasteiger partial charge in [0.15, 0.2) is 0 Å². The van der Waals surface area contributed by atoms with E-state index in [1.807, 2.05) is 0 Å². The summed E-state index contributed by atoms with van der Waals surface area (Å²) >= 11 is 11.1. The number of carbonyl (C=O) groups is 1. The second-order valence-electron chi connectivity index (χ2n) is 4.04. The molecule has 0 amide bonds. The summed E-state index contributed by atoms with van der Waals surface area (Å²) in [5, 5.41) is 8.84. The van der Waals surface area contributed by atoms with E-state index < -0.39 is 12.0 Å². The Balaban J connectivity index is 2.87. The number of carboxylic acids is 1. The topological polar surface area (TPSA) is 81.8 Å². The molecule has 1 aromatic rings. The Morgan fingerprint density at radius 3 is 2.05 bits per heavy atom. The molecule has 0 fully saturated rings. The van der Waals surface area contributed by atoms with Gasteiger partial charge in [0, 0.05) is 6.07 Å². The molecule has 0 bridgehead atoms. The summed E-state index contributed by atoms with van der Waals surface area (Å²) in [7, 11) is 0. The third-order valence-corrected chi connectivity index (χ3v) is 2.71. The van der Waals surface area contributed by atoms with Gasteiger partial charge in [0.2, 0.25) is 0 Å². The lowest BCUT2D eigenvalue weighted by Crippen LogP contribution is -2.32. The number of aliphatic carboxylic acids is 1. The Morgan fingerprint density at radius 1 is 1.15 bits per heavy atom. The van der Waals surface area contributed by atoms with E-state index in [1.54, 1.807) is 18.2 Å². The summed E-state index contributed by atoms with van der Waals surface area (Å²) in [4.78, 5) is 10.8. The molecule has 5 nitrogen and oxygen atoms in total. The van der Waals surface area contributed by atoms with Crippen molar-refractivity contribution >= 4 is 29.2 Å². The summed E-state index contributed by atoms with van der Waals surface area (Å²) in [6, 6.07) is 4.18. The van der Waals surface area contributed by atoms with Crippen LogP contribution in [0.1, 0.15) is 5.56 Å². The quantitative estimate of drug-likeness (QED) is 0.678. The molecule has 1 atom stereocenters. The van der Waals surface area contributed by atoms with Gasteiger partial charge in [-0.2, -0.15) is 0 Å². The van der Waals surface area contributed by atoms with Crippen molar-refractivity contribution < 1.29 is 19.4 Å². The first-order chi connectivity index (χ1) is 9.56. The van der Waals surface area contributed by atoms with Gasteiger partial charge in [0.1, 0.15) is 30.8 Å². The second-order valence-corrected chi connectivity index (χ2v) is 4.79. The molecule has 0 saturated heterocycles. The molecule has 1 unspecified atom stereocenters. The standard InChI is InChI=1S/C13H17Cl2NO4/c14-1-3-19-10-5-9(7-12(16)13(17)18)6-11(8-10)20-4-2-15/h5-6,8,12H,1-4,7,16H2,(H,17,18). The Kier molecular flexibility index (Phi) is 7.51. The molecule has 0 aromatic heterocycles. The van der Waals surface area contributed by atoms with Gasteiger partial charge in [0.05, 0.1) is 11.8 Å². The van der Waals surface area contributed by atoms with Gasteiger partial charge in [-0.1, -0.05) is 0 Å². The molecule has 0 spiro atoms. The highest BCUT2D eigenvalue weighted by Gasteiger charge is 2.14. The SMILES string of the molecule is NC(Cc1cc(OCCCl)cc(OCCCl)c1)C(=O)O. The van der Waals surface area contributed by atoms with Gasteiger partial charge in [0.25, 0.3) is 0 Å². The van der Waals surface area contributed by atoms with Crippen molar-refractivity contribution in [3.8, 4) is 11.5 Å². The fourth-order valence-corrected chi connectivity index (χ4v) is 1.72. The average Bonchev–Trinajstić information content (AvgIpc) is 2.42. The highest BCUT2D eigenvalue weighted by molar-refractivity contribution is 6.18. The monoisotopic (exact) mass is 321 g/mol. The number of rotatable bonds is 9. The van der Waals surface area contributed by atoms with E-state index in [0.717, 1.165) is 5.56 Å². The zero-order valence-corrected chi connectivity index (χ0v) is 12.4. The van der Waals surface area contributed by atoms with Gasteiger partial charge in [-0.05, 0) is 24.1 Å². The molecular weight excluding hydrogens is 305 g/mol. The molecule has 1 rings (SSSR count). The van der Waals surface area contributed by atoms with Crippen molar-refractivity contribution in [2.75, 3.05) is 25.0 Å². The number of nitrogens with two attached hydrogens (primary N) is 1. The first-order valence-electron chi connectivity index (χ1n) is 6.06. The Bertz CT molecular complexity index is 416. The fraction of sp³-hybridized carbons (Fsp3) is 0.462. The van der Waals surface area contributed by atoms with Crippen LogP contribution in [0, 0.1) is 0 Å². The maximum Gasteiger partial charge on any atom is 0.320 e. The van der Waals surface area contributed by atoms with Crippen molar-refractivity contribution in [2.24, 2.45) is 5.73 Å². The zero-order chi connectivity index (χ0) is 15.0. The van der Waals surface area contributed by atoms with Crippen LogP contribution in [0.15, 0.2) is 18.2 Å². The minimum absolute atomic E-state index is 0.185. The van der Waals surface area contributed by atoms with Crippen molar-refractivity contribution in [1.29, 1.82) is 0 Å². The lowest BCUT2D eigenvalue weighted by molar-refractivity contribution is -0.138. The van der Waals surface area contributed by atoms with E-state index in [2.05, 4.69) is 0 Å². The van der Waals surface area contributed by atoms with Crippen LogP contribution >= 0.6 is 23.2 Å². The molecule has 0 saturated carbocycles. The van der Waals surface area contributed by atoms with E-state index in [-0.39, 0.29) is 6.42 Å². The third kappa shape index (κ3) is 5.86. The van der Waals surface area contributed by atoms with Crippen LogP contribution in [0.3, 0.4) is 0 Å². The number of benzene rings is 1. The maximum atomic E-state index is 10.8. The molecule has 20 heavy (non-hydrogen) atoms. The molecule has 0 radical (unpaired) electrons. The number of hydrogen-bond donors (Lipinski definition) is 2. The van der Waals surface area contributed by atoms with Crippen molar-refractivity contribution in [2.45, 2.75) is 12.5 Å². The van der Waals surface area contributed by atoms with Crippen molar-refractivity contribution in [3.05, 3.63) is 23.8 Å². The molecular formula is C13H17Cl2NO4. The number of halogens is 2. The highest BCUT2D eigenvalue weighted by Crippen LogP contribution is 2.24. The third-order valence-electron chi connectivity index (χ3n) is 2.40. The summed E-state index contributed by atoms with van der Waals surface area (Å²) in [6.07, 6.45) is 0.185. The van der Waals surface area contributed by atoms with E-state index in [4.69, 9.17) is 43.5 Å². The summed E-state index contributed by atoms with van der Waals surface area (Å²) < 4.78 is 10.9. The molecule has 1 aromatic carbocycles. The van der Waals surface area contributed by atoms with Crippen LogP contribution in [0.4, 0.5) is 0 Å². The molecule has 3 N–H and O–H groups in total. The molecule has 0 aliphatic carbocycles. The van der Waals surface area contributed by atoms with Crippen LogP contribution < -0.4 is 15.2 Å². The Hall–Kier alpha value is -1.17. The van der Waals surface area contributed by atoms with Gasteiger partial charge < -0.3 is 20.3 Å². The molecule has 0 heterocycles. The van der Waals surface area contributed by atoms with E-state index in [0.29, 0.717) is 36.5 Å². The van der Waals surface area contributed by atoms with Gasteiger partial charge >= 0.3 is 5.97 Å². The van der Waals surface area contributed by atoms with Gasteiger partial charge in [-0.15, -0.1) is 23.2 Å². The maximum absolute atomic E-state index is 10.8.